The van der Waals surface area contributed by atoms with Crippen LogP contribution in [0.4, 0.5) is 19.0 Å². The standard InChI is InChI=1S/C18H17F3N6O/c19-18(20,21)15-1-2-16(28)27(25-15)10-12-4-7-26(8-5-12)17-13-3-6-22-9-14(13)23-11-24-17/h1-3,6,9,11-12H,4-5,7-8,10H2. The third-order valence-corrected chi connectivity index (χ3v) is 4.92. The van der Waals surface area contributed by atoms with E-state index < -0.39 is 17.4 Å². The van der Waals surface area contributed by atoms with E-state index >= 15 is 0 Å². The van der Waals surface area contributed by atoms with Gasteiger partial charge < -0.3 is 4.90 Å². The molecule has 4 rings (SSSR count). The highest BCUT2D eigenvalue weighted by Crippen LogP contribution is 2.28. The fourth-order valence-corrected chi connectivity index (χ4v) is 3.45. The van der Waals surface area contributed by atoms with Crippen LogP contribution in [-0.2, 0) is 12.7 Å². The Morgan fingerprint density at radius 1 is 1.11 bits per heavy atom. The Labute approximate surface area is 157 Å². The number of alkyl halides is 3. The Morgan fingerprint density at radius 3 is 2.64 bits per heavy atom. The lowest BCUT2D eigenvalue weighted by Crippen LogP contribution is -2.37. The molecule has 0 bridgehead atoms. The summed E-state index contributed by atoms with van der Waals surface area (Å²) in [6.45, 7) is 1.55. The molecule has 1 aliphatic heterocycles. The van der Waals surface area contributed by atoms with Gasteiger partial charge in [-0.1, -0.05) is 0 Å². The van der Waals surface area contributed by atoms with Gasteiger partial charge in [0.25, 0.3) is 5.56 Å². The van der Waals surface area contributed by atoms with Gasteiger partial charge in [-0.25, -0.2) is 14.6 Å². The van der Waals surface area contributed by atoms with Crippen LogP contribution in [0.15, 0.2) is 41.7 Å². The number of piperidine rings is 1. The summed E-state index contributed by atoms with van der Waals surface area (Å²) in [5.74, 6) is 0.889. The zero-order valence-corrected chi connectivity index (χ0v) is 14.8. The Hall–Kier alpha value is -3.04. The van der Waals surface area contributed by atoms with Gasteiger partial charge in [-0.05, 0) is 30.9 Å². The molecule has 3 aromatic rings. The monoisotopic (exact) mass is 390 g/mol. The Morgan fingerprint density at radius 2 is 1.89 bits per heavy atom. The van der Waals surface area contributed by atoms with Crippen LogP contribution in [0, 0.1) is 5.92 Å². The second kappa shape index (κ2) is 7.17. The quantitative estimate of drug-likeness (QED) is 0.684. The number of fused-ring (bicyclic) bond motifs is 1. The highest BCUT2D eigenvalue weighted by Gasteiger charge is 2.33. The van der Waals surface area contributed by atoms with E-state index in [0.29, 0.717) is 13.1 Å². The van der Waals surface area contributed by atoms with Crippen molar-refractivity contribution >= 4 is 16.7 Å². The number of hydrogen-bond acceptors (Lipinski definition) is 6. The normalized spacial score (nSPS) is 15.9. The van der Waals surface area contributed by atoms with Crippen molar-refractivity contribution in [3.05, 3.63) is 53.0 Å². The van der Waals surface area contributed by atoms with Gasteiger partial charge in [0, 0.05) is 37.3 Å². The van der Waals surface area contributed by atoms with Gasteiger partial charge in [0.15, 0.2) is 5.69 Å². The summed E-state index contributed by atoms with van der Waals surface area (Å²) < 4.78 is 39.5. The number of hydrogen-bond donors (Lipinski definition) is 0. The molecular formula is C18H17F3N6O. The fraction of sp³-hybridized carbons (Fsp3) is 0.389. The molecule has 1 saturated heterocycles. The minimum absolute atomic E-state index is 0.0692. The SMILES string of the molecule is O=c1ccc(C(F)(F)F)nn1CC1CCN(c2ncnc3cnccc23)CC1. The molecular weight excluding hydrogens is 373 g/mol. The van der Waals surface area contributed by atoms with Crippen molar-refractivity contribution in [3.8, 4) is 0 Å². The molecule has 4 heterocycles. The van der Waals surface area contributed by atoms with Crippen molar-refractivity contribution in [3.63, 3.8) is 0 Å². The molecule has 28 heavy (non-hydrogen) atoms. The van der Waals surface area contributed by atoms with Gasteiger partial charge in [0.05, 0.1) is 11.7 Å². The molecule has 0 radical (unpaired) electrons. The number of rotatable bonds is 3. The average Bonchev–Trinajstić information content (AvgIpc) is 2.69. The minimum Gasteiger partial charge on any atom is -0.356 e. The van der Waals surface area contributed by atoms with Gasteiger partial charge in [-0.15, -0.1) is 0 Å². The highest BCUT2D eigenvalue weighted by atomic mass is 19.4. The molecule has 0 saturated carbocycles. The minimum atomic E-state index is -4.57. The molecule has 1 fully saturated rings. The summed E-state index contributed by atoms with van der Waals surface area (Å²) in [5.41, 5.74) is -0.815. The molecule has 146 valence electrons. The van der Waals surface area contributed by atoms with E-state index in [2.05, 4.69) is 25.0 Å². The first kappa shape index (κ1) is 18.3. The van der Waals surface area contributed by atoms with E-state index in [4.69, 9.17) is 0 Å². The number of nitrogens with zero attached hydrogens (tertiary/aromatic N) is 6. The van der Waals surface area contributed by atoms with Crippen molar-refractivity contribution in [2.45, 2.75) is 25.6 Å². The fourth-order valence-electron chi connectivity index (χ4n) is 3.45. The first-order chi connectivity index (χ1) is 13.4. The summed E-state index contributed by atoms with van der Waals surface area (Å²) in [5, 5.41) is 4.40. The van der Waals surface area contributed by atoms with Crippen molar-refractivity contribution in [1.29, 1.82) is 0 Å². The van der Waals surface area contributed by atoms with Gasteiger partial charge in [0.2, 0.25) is 0 Å². The number of anilines is 1. The summed E-state index contributed by atoms with van der Waals surface area (Å²) in [6, 6.07) is 3.51. The highest BCUT2D eigenvalue weighted by molar-refractivity contribution is 5.88. The largest absolute Gasteiger partial charge is 0.435 e. The Balaban J connectivity index is 1.47. The third-order valence-electron chi connectivity index (χ3n) is 4.92. The molecule has 0 N–H and O–H groups in total. The summed E-state index contributed by atoms with van der Waals surface area (Å²) in [6.07, 6.45) is 1.74. The predicted octanol–water partition coefficient (Wildman–Crippen LogP) is 2.52. The van der Waals surface area contributed by atoms with Crippen molar-refractivity contribution < 1.29 is 13.2 Å². The van der Waals surface area contributed by atoms with Crippen molar-refractivity contribution in [2.24, 2.45) is 5.92 Å². The van der Waals surface area contributed by atoms with Gasteiger partial charge in [0.1, 0.15) is 12.1 Å². The van der Waals surface area contributed by atoms with Crippen LogP contribution in [0.2, 0.25) is 0 Å². The Kier molecular flexibility index (Phi) is 4.70. The molecule has 0 spiro atoms. The second-order valence-electron chi connectivity index (χ2n) is 6.76. The first-order valence-corrected chi connectivity index (χ1v) is 8.87. The van der Waals surface area contributed by atoms with Crippen molar-refractivity contribution in [2.75, 3.05) is 18.0 Å². The van der Waals surface area contributed by atoms with E-state index in [-0.39, 0.29) is 12.5 Å². The van der Waals surface area contributed by atoms with Crippen LogP contribution in [0.25, 0.3) is 10.9 Å². The van der Waals surface area contributed by atoms with E-state index in [1.807, 2.05) is 6.07 Å². The maximum absolute atomic E-state index is 12.8. The van der Waals surface area contributed by atoms with E-state index in [1.165, 1.54) is 6.33 Å². The lowest BCUT2D eigenvalue weighted by atomic mass is 9.96. The number of aromatic nitrogens is 5. The van der Waals surface area contributed by atoms with Crippen LogP contribution in [0.1, 0.15) is 18.5 Å². The molecule has 10 heteroatoms. The average molecular weight is 390 g/mol. The predicted molar refractivity (Wildman–Crippen MR) is 95.8 cm³/mol. The topological polar surface area (TPSA) is 76.8 Å². The molecule has 7 nitrogen and oxygen atoms in total. The first-order valence-electron chi connectivity index (χ1n) is 8.87. The summed E-state index contributed by atoms with van der Waals surface area (Å²) in [7, 11) is 0. The Bertz CT molecular complexity index is 1040. The molecule has 0 atom stereocenters. The van der Waals surface area contributed by atoms with Gasteiger partial charge >= 0.3 is 6.18 Å². The lowest BCUT2D eigenvalue weighted by Gasteiger charge is -2.33. The summed E-state index contributed by atoms with van der Waals surface area (Å²) in [4.78, 5) is 26.7. The van der Waals surface area contributed by atoms with Crippen LogP contribution in [-0.4, -0.2) is 37.8 Å². The number of pyridine rings is 1. The van der Waals surface area contributed by atoms with Crippen LogP contribution < -0.4 is 10.5 Å². The lowest BCUT2D eigenvalue weighted by molar-refractivity contribution is -0.142. The third kappa shape index (κ3) is 3.67. The molecule has 0 unspecified atom stereocenters. The van der Waals surface area contributed by atoms with E-state index in [1.54, 1.807) is 12.4 Å². The van der Waals surface area contributed by atoms with E-state index in [0.717, 1.165) is 46.4 Å². The molecule has 0 aliphatic carbocycles. The van der Waals surface area contributed by atoms with Crippen LogP contribution in [0.5, 0.6) is 0 Å². The molecule has 0 amide bonds. The van der Waals surface area contributed by atoms with Gasteiger partial charge in [-0.3, -0.25) is 9.78 Å². The van der Waals surface area contributed by atoms with Crippen LogP contribution in [0.3, 0.4) is 0 Å². The maximum atomic E-state index is 12.8. The molecule has 0 aromatic carbocycles. The number of halogens is 3. The van der Waals surface area contributed by atoms with Gasteiger partial charge in [-0.2, -0.15) is 18.3 Å². The zero-order chi connectivity index (χ0) is 19.7. The zero-order valence-electron chi connectivity index (χ0n) is 14.8. The second-order valence-corrected chi connectivity index (χ2v) is 6.76. The smallest absolute Gasteiger partial charge is 0.356 e. The molecule has 1 aliphatic rings. The van der Waals surface area contributed by atoms with E-state index in [9.17, 15) is 18.0 Å². The van der Waals surface area contributed by atoms with Crippen LogP contribution >= 0.6 is 0 Å². The molecule has 3 aromatic heterocycles. The van der Waals surface area contributed by atoms with Crippen molar-refractivity contribution in [1.82, 2.24) is 24.7 Å². The maximum Gasteiger partial charge on any atom is 0.435 e. The summed E-state index contributed by atoms with van der Waals surface area (Å²) >= 11 is 0.